The lowest BCUT2D eigenvalue weighted by molar-refractivity contribution is 0.106. The molecule has 0 aliphatic carbocycles. The van der Waals surface area contributed by atoms with E-state index in [-0.39, 0.29) is 12.1 Å². The normalized spacial score (nSPS) is 14.9. The molecule has 1 N–H and O–H groups in total. The first-order chi connectivity index (χ1) is 6.65. The van der Waals surface area contributed by atoms with E-state index in [1.54, 1.807) is 13.3 Å². The Bertz CT molecular complexity index is 293. The average molecular weight is 259 g/mol. The van der Waals surface area contributed by atoms with E-state index < -0.39 is 0 Å². The number of ether oxygens (including phenoxy) is 1. The second-order valence-corrected chi connectivity index (χ2v) is 4.06. The monoisotopic (exact) mass is 258 g/mol. The Balaban J connectivity index is 2.64. The third-order valence-corrected chi connectivity index (χ3v) is 2.84. The Morgan fingerprint density at radius 2 is 2.21 bits per heavy atom. The van der Waals surface area contributed by atoms with Gasteiger partial charge in [0.25, 0.3) is 0 Å². The van der Waals surface area contributed by atoms with E-state index in [1.165, 1.54) is 0 Å². The van der Waals surface area contributed by atoms with Crippen LogP contribution in [0.1, 0.15) is 13.8 Å². The Hall–Kier alpha value is -0.610. The molecule has 0 saturated heterocycles. The highest BCUT2D eigenvalue weighted by Gasteiger charge is 2.12. The number of hydrogen-bond acceptors (Lipinski definition) is 3. The van der Waals surface area contributed by atoms with Crippen molar-refractivity contribution in [2.45, 2.75) is 26.0 Å². The van der Waals surface area contributed by atoms with Crippen LogP contribution in [0, 0.1) is 0 Å². The van der Waals surface area contributed by atoms with Crippen LogP contribution in [0.4, 0.5) is 5.82 Å². The standard InChI is InChI=1S/C10H15BrN2O/c1-7(8(2)14-3)13-10-9(11)5-4-6-12-10/h4-8H,1-3H3,(H,12,13)/t7-,8?/m0/s1. The minimum absolute atomic E-state index is 0.156. The molecular weight excluding hydrogens is 244 g/mol. The van der Waals surface area contributed by atoms with Crippen LogP contribution in [-0.4, -0.2) is 24.2 Å². The highest BCUT2D eigenvalue weighted by atomic mass is 79.9. The highest BCUT2D eigenvalue weighted by molar-refractivity contribution is 9.10. The molecule has 2 atom stereocenters. The predicted molar refractivity (Wildman–Crippen MR) is 61.5 cm³/mol. The van der Waals surface area contributed by atoms with Gasteiger partial charge in [-0.2, -0.15) is 0 Å². The molecule has 0 spiro atoms. The molecule has 1 heterocycles. The van der Waals surface area contributed by atoms with Crippen molar-refractivity contribution in [1.29, 1.82) is 0 Å². The van der Waals surface area contributed by atoms with Gasteiger partial charge in [-0.05, 0) is 41.9 Å². The van der Waals surface area contributed by atoms with E-state index in [2.05, 4.69) is 33.2 Å². The van der Waals surface area contributed by atoms with Gasteiger partial charge in [0.2, 0.25) is 0 Å². The van der Waals surface area contributed by atoms with Gasteiger partial charge >= 0.3 is 0 Å². The van der Waals surface area contributed by atoms with Crippen molar-refractivity contribution in [2.75, 3.05) is 12.4 Å². The zero-order chi connectivity index (χ0) is 10.6. The van der Waals surface area contributed by atoms with Gasteiger partial charge in [0.15, 0.2) is 0 Å². The number of methoxy groups -OCH3 is 1. The molecule has 0 saturated carbocycles. The number of anilines is 1. The lowest BCUT2D eigenvalue weighted by atomic mass is 10.2. The molecule has 0 aromatic carbocycles. The van der Waals surface area contributed by atoms with E-state index in [0.717, 1.165) is 10.3 Å². The molecule has 4 heteroatoms. The second kappa shape index (κ2) is 5.32. The van der Waals surface area contributed by atoms with Gasteiger partial charge in [-0.1, -0.05) is 0 Å². The maximum absolute atomic E-state index is 5.22. The Morgan fingerprint density at radius 3 is 2.79 bits per heavy atom. The summed E-state index contributed by atoms with van der Waals surface area (Å²) in [6, 6.07) is 4.07. The summed E-state index contributed by atoms with van der Waals surface area (Å²) in [4.78, 5) is 4.22. The van der Waals surface area contributed by atoms with E-state index in [0.29, 0.717) is 0 Å². The first-order valence-electron chi connectivity index (χ1n) is 4.55. The van der Waals surface area contributed by atoms with Gasteiger partial charge in [0.1, 0.15) is 5.82 Å². The smallest absolute Gasteiger partial charge is 0.140 e. The summed E-state index contributed by atoms with van der Waals surface area (Å²) in [5.74, 6) is 0.851. The molecule has 78 valence electrons. The number of nitrogens with zero attached hydrogens (tertiary/aromatic N) is 1. The molecule has 1 aromatic heterocycles. The SMILES string of the molecule is COC(C)[C@H](C)Nc1ncccc1Br. The van der Waals surface area contributed by atoms with Gasteiger partial charge in [-0.3, -0.25) is 0 Å². The minimum Gasteiger partial charge on any atom is -0.380 e. The predicted octanol–water partition coefficient (Wildman–Crippen LogP) is 2.68. The molecule has 0 radical (unpaired) electrons. The summed E-state index contributed by atoms with van der Waals surface area (Å²) in [6.45, 7) is 4.09. The van der Waals surface area contributed by atoms with Gasteiger partial charge in [-0.25, -0.2) is 4.98 Å². The van der Waals surface area contributed by atoms with E-state index in [4.69, 9.17) is 4.74 Å². The van der Waals surface area contributed by atoms with Crippen LogP contribution in [0.25, 0.3) is 0 Å². The molecule has 0 aliphatic rings. The lowest BCUT2D eigenvalue weighted by Crippen LogP contribution is -2.30. The molecule has 1 unspecified atom stereocenters. The lowest BCUT2D eigenvalue weighted by Gasteiger charge is -2.20. The van der Waals surface area contributed by atoms with E-state index >= 15 is 0 Å². The third-order valence-electron chi connectivity index (χ3n) is 2.20. The van der Waals surface area contributed by atoms with Crippen LogP contribution in [0.2, 0.25) is 0 Å². The van der Waals surface area contributed by atoms with Crippen molar-refractivity contribution in [1.82, 2.24) is 4.98 Å². The second-order valence-electron chi connectivity index (χ2n) is 3.21. The number of rotatable bonds is 4. The van der Waals surface area contributed by atoms with Crippen LogP contribution in [0.5, 0.6) is 0 Å². The number of nitrogens with one attached hydrogen (secondary N) is 1. The zero-order valence-corrected chi connectivity index (χ0v) is 10.2. The maximum atomic E-state index is 5.22. The fourth-order valence-electron chi connectivity index (χ4n) is 1.03. The average Bonchev–Trinajstić information content (AvgIpc) is 2.20. The van der Waals surface area contributed by atoms with E-state index in [9.17, 15) is 0 Å². The van der Waals surface area contributed by atoms with E-state index in [1.807, 2.05) is 19.1 Å². The largest absolute Gasteiger partial charge is 0.380 e. The number of pyridine rings is 1. The summed E-state index contributed by atoms with van der Waals surface area (Å²) in [5, 5.41) is 3.28. The van der Waals surface area contributed by atoms with Crippen molar-refractivity contribution in [2.24, 2.45) is 0 Å². The zero-order valence-electron chi connectivity index (χ0n) is 8.62. The fourth-order valence-corrected chi connectivity index (χ4v) is 1.40. The minimum atomic E-state index is 0.156. The molecule has 0 aliphatic heterocycles. The van der Waals surface area contributed by atoms with Crippen LogP contribution >= 0.6 is 15.9 Å². The quantitative estimate of drug-likeness (QED) is 0.902. The summed E-state index contributed by atoms with van der Waals surface area (Å²) in [5.41, 5.74) is 0. The van der Waals surface area contributed by atoms with Crippen molar-refractivity contribution < 1.29 is 4.74 Å². The molecule has 1 rings (SSSR count). The number of hydrogen-bond donors (Lipinski definition) is 1. The molecule has 0 fully saturated rings. The molecule has 0 bridgehead atoms. The maximum Gasteiger partial charge on any atom is 0.140 e. The van der Waals surface area contributed by atoms with Crippen LogP contribution < -0.4 is 5.32 Å². The summed E-state index contributed by atoms with van der Waals surface area (Å²) in [6.07, 6.45) is 1.92. The van der Waals surface area contributed by atoms with Crippen molar-refractivity contribution in [3.05, 3.63) is 22.8 Å². The topological polar surface area (TPSA) is 34.1 Å². The van der Waals surface area contributed by atoms with Crippen LogP contribution in [0.15, 0.2) is 22.8 Å². The van der Waals surface area contributed by atoms with Gasteiger partial charge < -0.3 is 10.1 Å². The number of halogens is 1. The highest BCUT2D eigenvalue weighted by Crippen LogP contribution is 2.19. The molecular formula is C10H15BrN2O. The first-order valence-corrected chi connectivity index (χ1v) is 5.34. The Labute approximate surface area is 93.0 Å². The summed E-state index contributed by atoms with van der Waals surface area (Å²) < 4.78 is 6.19. The molecule has 3 nitrogen and oxygen atoms in total. The summed E-state index contributed by atoms with van der Waals surface area (Å²) in [7, 11) is 1.70. The Morgan fingerprint density at radius 1 is 1.50 bits per heavy atom. The molecule has 0 amide bonds. The van der Waals surface area contributed by atoms with Gasteiger partial charge in [0, 0.05) is 13.3 Å². The van der Waals surface area contributed by atoms with Gasteiger partial charge in [-0.15, -0.1) is 0 Å². The first kappa shape index (κ1) is 11.5. The summed E-state index contributed by atoms with van der Waals surface area (Å²) >= 11 is 3.43. The Kier molecular flexibility index (Phi) is 4.35. The van der Waals surface area contributed by atoms with Crippen LogP contribution in [0.3, 0.4) is 0 Å². The van der Waals surface area contributed by atoms with Crippen molar-refractivity contribution >= 4 is 21.7 Å². The third kappa shape index (κ3) is 2.96. The molecule has 14 heavy (non-hydrogen) atoms. The molecule has 1 aromatic rings. The fraction of sp³-hybridized carbons (Fsp3) is 0.500. The van der Waals surface area contributed by atoms with Crippen LogP contribution in [-0.2, 0) is 4.74 Å². The number of aromatic nitrogens is 1. The van der Waals surface area contributed by atoms with Crippen molar-refractivity contribution in [3.8, 4) is 0 Å². The van der Waals surface area contributed by atoms with Crippen molar-refractivity contribution in [3.63, 3.8) is 0 Å². The van der Waals surface area contributed by atoms with Gasteiger partial charge in [0.05, 0.1) is 16.6 Å².